The van der Waals surface area contributed by atoms with E-state index in [1.165, 1.54) is 0 Å². The molecule has 0 aliphatic carbocycles. The van der Waals surface area contributed by atoms with Gasteiger partial charge in [0, 0.05) is 24.8 Å². The molecule has 2 amide bonds. The molecule has 188 valence electrons. The fourth-order valence-corrected chi connectivity index (χ4v) is 3.53. The van der Waals surface area contributed by atoms with Gasteiger partial charge in [0.15, 0.2) is 0 Å². The van der Waals surface area contributed by atoms with Crippen LogP contribution in [-0.2, 0) is 19.1 Å². The number of hydrogen-bond acceptors (Lipinski definition) is 7. The molecule has 1 aliphatic rings. The molecule has 0 radical (unpaired) electrons. The number of ether oxygens (including phenoxy) is 3. The molecule has 35 heavy (non-hydrogen) atoms. The minimum atomic E-state index is -0.742. The minimum Gasteiger partial charge on any atom is -0.490 e. The van der Waals surface area contributed by atoms with Gasteiger partial charge < -0.3 is 24.8 Å². The van der Waals surface area contributed by atoms with Crippen molar-refractivity contribution >= 4 is 23.5 Å². The number of para-hydroxylation sites is 1. The Kier molecular flexibility index (Phi) is 9.92. The van der Waals surface area contributed by atoms with Crippen LogP contribution in [0.1, 0.15) is 20.3 Å². The van der Waals surface area contributed by atoms with Crippen LogP contribution in [0.15, 0.2) is 54.6 Å². The third-order valence-corrected chi connectivity index (χ3v) is 5.21. The van der Waals surface area contributed by atoms with Crippen LogP contribution in [0.3, 0.4) is 0 Å². The number of amides is 2. The smallest absolute Gasteiger partial charge is 0.307 e. The Labute approximate surface area is 205 Å². The van der Waals surface area contributed by atoms with E-state index in [1.54, 1.807) is 29.2 Å². The standard InChI is InChI=1S/C26H33N3O6/c1-19(2)18-35-25(31)16-23-26(32)27-11-12-29(23)17-24(30)28-20-7-6-10-22(15-20)34-14-13-33-21-8-4-3-5-9-21/h3-10,15,19,23H,11-14,16-18H2,1-2H3,(H,27,32)(H,28,30). The quantitative estimate of drug-likeness (QED) is 0.353. The summed E-state index contributed by atoms with van der Waals surface area (Å²) >= 11 is 0. The summed E-state index contributed by atoms with van der Waals surface area (Å²) in [5.41, 5.74) is 0.575. The second-order valence-electron chi connectivity index (χ2n) is 8.64. The highest BCUT2D eigenvalue weighted by molar-refractivity contribution is 5.93. The average molecular weight is 484 g/mol. The van der Waals surface area contributed by atoms with Gasteiger partial charge in [0.25, 0.3) is 0 Å². The van der Waals surface area contributed by atoms with E-state index in [4.69, 9.17) is 14.2 Å². The molecule has 1 saturated heterocycles. The maximum Gasteiger partial charge on any atom is 0.307 e. The van der Waals surface area contributed by atoms with Crippen LogP contribution in [0.2, 0.25) is 0 Å². The van der Waals surface area contributed by atoms with Gasteiger partial charge in [-0.25, -0.2) is 0 Å². The highest BCUT2D eigenvalue weighted by atomic mass is 16.5. The fraction of sp³-hybridized carbons (Fsp3) is 0.423. The van der Waals surface area contributed by atoms with Crippen molar-refractivity contribution in [3.05, 3.63) is 54.6 Å². The molecule has 2 aromatic carbocycles. The number of carbonyl (C=O) groups excluding carboxylic acids is 3. The Bertz CT molecular complexity index is 982. The van der Waals surface area contributed by atoms with E-state index in [-0.39, 0.29) is 30.7 Å². The lowest BCUT2D eigenvalue weighted by Gasteiger charge is -2.33. The highest BCUT2D eigenvalue weighted by Gasteiger charge is 2.33. The molecule has 1 unspecified atom stereocenters. The molecule has 0 aromatic heterocycles. The lowest BCUT2D eigenvalue weighted by molar-refractivity contribution is -0.149. The van der Waals surface area contributed by atoms with E-state index in [0.717, 1.165) is 5.75 Å². The van der Waals surface area contributed by atoms with Crippen LogP contribution in [-0.4, -0.2) is 68.2 Å². The zero-order valence-corrected chi connectivity index (χ0v) is 20.2. The van der Waals surface area contributed by atoms with E-state index in [1.807, 2.05) is 44.2 Å². The van der Waals surface area contributed by atoms with Crippen LogP contribution in [0.4, 0.5) is 5.69 Å². The molecular formula is C26H33N3O6. The summed E-state index contributed by atoms with van der Waals surface area (Å²) in [4.78, 5) is 38.9. The van der Waals surface area contributed by atoms with Crippen LogP contribution < -0.4 is 20.1 Å². The molecule has 0 spiro atoms. The number of esters is 1. The van der Waals surface area contributed by atoms with Crippen LogP contribution in [0, 0.1) is 5.92 Å². The van der Waals surface area contributed by atoms with Gasteiger partial charge in [-0.2, -0.15) is 0 Å². The van der Waals surface area contributed by atoms with Gasteiger partial charge in [0.2, 0.25) is 11.8 Å². The van der Waals surface area contributed by atoms with Crippen molar-refractivity contribution in [2.24, 2.45) is 5.92 Å². The van der Waals surface area contributed by atoms with Crippen molar-refractivity contribution in [2.45, 2.75) is 26.3 Å². The van der Waals surface area contributed by atoms with Gasteiger partial charge >= 0.3 is 5.97 Å². The maximum atomic E-state index is 12.7. The topological polar surface area (TPSA) is 106 Å². The largest absolute Gasteiger partial charge is 0.490 e. The molecule has 0 bridgehead atoms. The van der Waals surface area contributed by atoms with Crippen molar-refractivity contribution in [1.29, 1.82) is 0 Å². The number of benzene rings is 2. The zero-order chi connectivity index (χ0) is 25.0. The van der Waals surface area contributed by atoms with Crippen molar-refractivity contribution in [3.8, 4) is 11.5 Å². The lowest BCUT2D eigenvalue weighted by Crippen LogP contribution is -2.57. The number of nitrogens with zero attached hydrogens (tertiary/aromatic N) is 1. The normalized spacial score (nSPS) is 15.9. The molecule has 2 N–H and O–H groups in total. The first-order valence-corrected chi connectivity index (χ1v) is 11.8. The van der Waals surface area contributed by atoms with E-state index in [9.17, 15) is 14.4 Å². The fourth-order valence-electron chi connectivity index (χ4n) is 3.53. The van der Waals surface area contributed by atoms with E-state index < -0.39 is 12.0 Å². The number of carbonyl (C=O) groups is 3. The summed E-state index contributed by atoms with van der Waals surface area (Å²) in [6.45, 7) is 5.77. The number of hydrogen-bond donors (Lipinski definition) is 2. The number of anilines is 1. The van der Waals surface area contributed by atoms with Gasteiger partial charge in [-0.15, -0.1) is 0 Å². The van der Waals surface area contributed by atoms with Crippen molar-refractivity contribution < 1.29 is 28.6 Å². The van der Waals surface area contributed by atoms with E-state index in [0.29, 0.717) is 44.3 Å². The number of piperazine rings is 1. The predicted molar refractivity (Wildman–Crippen MR) is 131 cm³/mol. The Morgan fingerprint density at radius 2 is 1.77 bits per heavy atom. The summed E-state index contributed by atoms with van der Waals surface area (Å²) in [6, 6.07) is 15.8. The van der Waals surface area contributed by atoms with Crippen molar-refractivity contribution in [1.82, 2.24) is 10.2 Å². The van der Waals surface area contributed by atoms with Gasteiger partial charge in [0.05, 0.1) is 19.6 Å². The maximum absolute atomic E-state index is 12.7. The van der Waals surface area contributed by atoms with Gasteiger partial charge in [-0.3, -0.25) is 19.3 Å². The summed E-state index contributed by atoms with van der Waals surface area (Å²) < 4.78 is 16.6. The second kappa shape index (κ2) is 13.3. The first kappa shape index (κ1) is 26.0. The molecule has 3 rings (SSSR count). The zero-order valence-electron chi connectivity index (χ0n) is 20.2. The highest BCUT2D eigenvalue weighted by Crippen LogP contribution is 2.18. The summed E-state index contributed by atoms with van der Waals surface area (Å²) in [6.07, 6.45) is -0.0970. The van der Waals surface area contributed by atoms with E-state index >= 15 is 0 Å². The molecule has 2 aromatic rings. The third kappa shape index (κ3) is 8.94. The molecule has 1 fully saturated rings. The predicted octanol–water partition coefficient (Wildman–Crippen LogP) is 2.47. The summed E-state index contributed by atoms with van der Waals surface area (Å²) in [5, 5.41) is 5.59. The van der Waals surface area contributed by atoms with Crippen LogP contribution in [0.25, 0.3) is 0 Å². The van der Waals surface area contributed by atoms with Gasteiger partial charge in [0.1, 0.15) is 30.8 Å². The molecule has 0 saturated carbocycles. The third-order valence-electron chi connectivity index (χ3n) is 5.21. The molecule has 9 heteroatoms. The monoisotopic (exact) mass is 483 g/mol. The first-order chi connectivity index (χ1) is 16.9. The Morgan fingerprint density at radius 3 is 2.51 bits per heavy atom. The summed E-state index contributed by atoms with van der Waals surface area (Å²) in [7, 11) is 0. The van der Waals surface area contributed by atoms with Crippen LogP contribution >= 0.6 is 0 Å². The second-order valence-corrected chi connectivity index (χ2v) is 8.64. The lowest BCUT2D eigenvalue weighted by atomic mass is 10.1. The van der Waals surface area contributed by atoms with Gasteiger partial charge in [-0.05, 0) is 30.2 Å². The Hall–Kier alpha value is -3.59. The average Bonchev–Trinajstić information content (AvgIpc) is 2.83. The molecule has 9 nitrogen and oxygen atoms in total. The summed E-state index contributed by atoms with van der Waals surface area (Å²) in [5.74, 6) is 0.561. The molecule has 1 aliphatic heterocycles. The first-order valence-electron chi connectivity index (χ1n) is 11.8. The van der Waals surface area contributed by atoms with E-state index in [2.05, 4.69) is 10.6 Å². The van der Waals surface area contributed by atoms with Crippen LogP contribution in [0.5, 0.6) is 11.5 Å². The van der Waals surface area contributed by atoms with Crippen molar-refractivity contribution in [3.63, 3.8) is 0 Å². The molecule has 1 atom stereocenters. The Balaban J connectivity index is 1.48. The van der Waals surface area contributed by atoms with Gasteiger partial charge in [-0.1, -0.05) is 38.1 Å². The molecule has 1 heterocycles. The minimum absolute atomic E-state index is 0.0223. The Morgan fingerprint density at radius 1 is 1.06 bits per heavy atom. The number of rotatable bonds is 12. The SMILES string of the molecule is CC(C)COC(=O)CC1C(=O)NCCN1CC(=O)Nc1cccc(OCCOc2ccccc2)c1. The van der Waals surface area contributed by atoms with Crippen molar-refractivity contribution in [2.75, 3.05) is 44.8 Å². The molecular weight excluding hydrogens is 450 g/mol. The number of nitrogens with one attached hydrogen (secondary N) is 2.